The van der Waals surface area contributed by atoms with Gasteiger partial charge in [-0.2, -0.15) is 0 Å². The summed E-state index contributed by atoms with van der Waals surface area (Å²) in [6, 6.07) is 3.23. The standard InChI is InChI=1S/C13H13F2N3/c1-7-12(6-16)8(2)18-13(17-7)9-3-10(14)5-11(15)4-9/h3-5H,6,16H2,1-2H3. The van der Waals surface area contributed by atoms with Crippen molar-refractivity contribution in [3.05, 3.63) is 46.8 Å². The summed E-state index contributed by atoms with van der Waals surface area (Å²) in [4.78, 5) is 8.47. The van der Waals surface area contributed by atoms with E-state index < -0.39 is 11.6 Å². The summed E-state index contributed by atoms with van der Waals surface area (Å²) in [5, 5.41) is 0. The first-order chi connectivity index (χ1) is 8.51. The Bertz CT molecular complexity index is 554. The predicted molar refractivity (Wildman–Crippen MR) is 64.7 cm³/mol. The van der Waals surface area contributed by atoms with Crippen molar-refractivity contribution in [2.75, 3.05) is 0 Å². The van der Waals surface area contributed by atoms with E-state index in [4.69, 9.17) is 5.73 Å². The smallest absolute Gasteiger partial charge is 0.159 e. The maximum absolute atomic E-state index is 13.1. The summed E-state index contributed by atoms with van der Waals surface area (Å²) in [7, 11) is 0. The van der Waals surface area contributed by atoms with Crippen LogP contribution in [0.2, 0.25) is 0 Å². The molecule has 0 atom stereocenters. The highest BCUT2D eigenvalue weighted by atomic mass is 19.1. The minimum absolute atomic E-state index is 0.306. The van der Waals surface area contributed by atoms with Gasteiger partial charge >= 0.3 is 0 Å². The van der Waals surface area contributed by atoms with Gasteiger partial charge in [-0.15, -0.1) is 0 Å². The van der Waals surface area contributed by atoms with E-state index in [0.29, 0.717) is 17.9 Å². The minimum Gasteiger partial charge on any atom is -0.326 e. The summed E-state index contributed by atoms with van der Waals surface area (Å²) in [5.74, 6) is -0.987. The zero-order valence-electron chi connectivity index (χ0n) is 10.2. The number of halogens is 2. The van der Waals surface area contributed by atoms with Crippen LogP contribution in [0, 0.1) is 25.5 Å². The van der Waals surface area contributed by atoms with Gasteiger partial charge in [-0.25, -0.2) is 18.7 Å². The second kappa shape index (κ2) is 4.78. The second-order valence-electron chi connectivity index (χ2n) is 4.06. The highest BCUT2D eigenvalue weighted by Gasteiger charge is 2.10. The fraction of sp³-hybridized carbons (Fsp3) is 0.231. The molecule has 1 aromatic heterocycles. The van der Waals surface area contributed by atoms with Gasteiger partial charge in [0, 0.05) is 35.1 Å². The van der Waals surface area contributed by atoms with Crippen LogP contribution in [0.1, 0.15) is 17.0 Å². The molecule has 18 heavy (non-hydrogen) atoms. The molecular weight excluding hydrogens is 236 g/mol. The first-order valence-corrected chi connectivity index (χ1v) is 5.52. The number of rotatable bonds is 2. The van der Waals surface area contributed by atoms with Gasteiger partial charge in [0.05, 0.1) is 0 Å². The molecule has 0 aliphatic carbocycles. The molecule has 0 amide bonds. The Morgan fingerprint density at radius 2 is 1.50 bits per heavy atom. The van der Waals surface area contributed by atoms with Crippen molar-refractivity contribution in [2.24, 2.45) is 5.73 Å². The molecule has 0 spiro atoms. The van der Waals surface area contributed by atoms with E-state index in [1.807, 2.05) is 0 Å². The molecule has 0 unspecified atom stereocenters. The molecule has 0 aliphatic heterocycles. The first-order valence-electron chi connectivity index (χ1n) is 5.52. The van der Waals surface area contributed by atoms with Crippen LogP contribution in [0.4, 0.5) is 8.78 Å². The van der Waals surface area contributed by atoms with Crippen LogP contribution in [-0.2, 0) is 6.54 Å². The highest BCUT2D eigenvalue weighted by Crippen LogP contribution is 2.20. The van der Waals surface area contributed by atoms with E-state index in [2.05, 4.69) is 9.97 Å². The molecule has 0 saturated heterocycles. The van der Waals surface area contributed by atoms with Gasteiger partial charge in [-0.1, -0.05) is 0 Å². The van der Waals surface area contributed by atoms with E-state index in [0.717, 1.165) is 23.0 Å². The molecule has 0 fully saturated rings. The van der Waals surface area contributed by atoms with E-state index in [9.17, 15) is 8.78 Å². The number of hydrogen-bond acceptors (Lipinski definition) is 3. The van der Waals surface area contributed by atoms with E-state index in [1.54, 1.807) is 13.8 Å². The Labute approximate surface area is 104 Å². The number of aromatic nitrogens is 2. The Balaban J connectivity index is 2.58. The number of nitrogens with zero attached hydrogens (tertiary/aromatic N) is 2. The lowest BCUT2D eigenvalue weighted by Crippen LogP contribution is -2.07. The summed E-state index contributed by atoms with van der Waals surface area (Å²) in [6.07, 6.45) is 0. The summed E-state index contributed by atoms with van der Waals surface area (Å²) < 4.78 is 26.3. The normalized spacial score (nSPS) is 10.7. The van der Waals surface area contributed by atoms with Gasteiger partial charge in [0.1, 0.15) is 11.6 Å². The summed E-state index contributed by atoms with van der Waals surface area (Å²) >= 11 is 0. The van der Waals surface area contributed by atoms with Gasteiger partial charge in [0.2, 0.25) is 0 Å². The van der Waals surface area contributed by atoms with Gasteiger partial charge in [0.25, 0.3) is 0 Å². The molecule has 3 nitrogen and oxygen atoms in total. The van der Waals surface area contributed by atoms with Crippen molar-refractivity contribution in [1.82, 2.24) is 9.97 Å². The molecule has 2 N–H and O–H groups in total. The minimum atomic E-state index is -0.646. The number of aryl methyl sites for hydroxylation is 2. The van der Waals surface area contributed by atoms with Crippen LogP contribution >= 0.6 is 0 Å². The molecule has 1 aromatic carbocycles. The summed E-state index contributed by atoms with van der Waals surface area (Å²) in [6.45, 7) is 3.95. The Kier molecular flexibility index (Phi) is 3.34. The fourth-order valence-electron chi connectivity index (χ4n) is 1.85. The van der Waals surface area contributed by atoms with Crippen molar-refractivity contribution in [2.45, 2.75) is 20.4 Å². The summed E-state index contributed by atoms with van der Waals surface area (Å²) in [5.41, 5.74) is 8.22. The largest absolute Gasteiger partial charge is 0.326 e. The third-order valence-electron chi connectivity index (χ3n) is 2.75. The topological polar surface area (TPSA) is 51.8 Å². The molecule has 94 valence electrons. The van der Waals surface area contributed by atoms with E-state index >= 15 is 0 Å². The van der Waals surface area contributed by atoms with Crippen molar-refractivity contribution in [3.63, 3.8) is 0 Å². The lowest BCUT2D eigenvalue weighted by atomic mass is 10.1. The van der Waals surface area contributed by atoms with Crippen LogP contribution in [-0.4, -0.2) is 9.97 Å². The molecule has 2 aromatic rings. The van der Waals surface area contributed by atoms with Crippen LogP contribution < -0.4 is 5.73 Å². The van der Waals surface area contributed by atoms with Crippen LogP contribution in [0.3, 0.4) is 0 Å². The molecule has 0 bridgehead atoms. The first kappa shape index (κ1) is 12.6. The zero-order chi connectivity index (χ0) is 13.3. The lowest BCUT2D eigenvalue weighted by Gasteiger charge is -2.09. The third-order valence-corrected chi connectivity index (χ3v) is 2.75. The third kappa shape index (κ3) is 2.36. The van der Waals surface area contributed by atoms with Crippen LogP contribution in [0.5, 0.6) is 0 Å². The molecule has 0 radical (unpaired) electrons. The second-order valence-corrected chi connectivity index (χ2v) is 4.06. The van der Waals surface area contributed by atoms with Crippen LogP contribution in [0.25, 0.3) is 11.4 Å². The Morgan fingerprint density at radius 1 is 1.00 bits per heavy atom. The Morgan fingerprint density at radius 3 is 1.94 bits per heavy atom. The van der Waals surface area contributed by atoms with Crippen molar-refractivity contribution in [3.8, 4) is 11.4 Å². The average molecular weight is 249 g/mol. The van der Waals surface area contributed by atoms with E-state index in [1.165, 1.54) is 12.1 Å². The lowest BCUT2D eigenvalue weighted by molar-refractivity contribution is 0.584. The van der Waals surface area contributed by atoms with Gasteiger partial charge in [0.15, 0.2) is 5.82 Å². The molecule has 2 rings (SSSR count). The predicted octanol–water partition coefficient (Wildman–Crippen LogP) is 2.50. The zero-order valence-corrected chi connectivity index (χ0v) is 10.2. The SMILES string of the molecule is Cc1nc(-c2cc(F)cc(F)c2)nc(C)c1CN. The quantitative estimate of drug-likeness (QED) is 0.889. The molecule has 5 heteroatoms. The molecule has 1 heterocycles. The molecule has 0 aliphatic rings. The van der Waals surface area contributed by atoms with Crippen molar-refractivity contribution in [1.29, 1.82) is 0 Å². The number of hydrogen-bond donors (Lipinski definition) is 1. The highest BCUT2D eigenvalue weighted by molar-refractivity contribution is 5.56. The number of benzene rings is 1. The van der Waals surface area contributed by atoms with Crippen LogP contribution in [0.15, 0.2) is 18.2 Å². The van der Waals surface area contributed by atoms with Crippen molar-refractivity contribution >= 4 is 0 Å². The number of nitrogens with two attached hydrogens (primary N) is 1. The van der Waals surface area contributed by atoms with Crippen molar-refractivity contribution < 1.29 is 8.78 Å². The average Bonchev–Trinajstić information content (AvgIpc) is 2.27. The molecular formula is C13H13F2N3. The fourth-order valence-corrected chi connectivity index (χ4v) is 1.85. The van der Waals surface area contributed by atoms with E-state index in [-0.39, 0.29) is 0 Å². The maximum Gasteiger partial charge on any atom is 0.159 e. The van der Waals surface area contributed by atoms with Gasteiger partial charge in [-0.3, -0.25) is 0 Å². The monoisotopic (exact) mass is 249 g/mol. The van der Waals surface area contributed by atoms with Gasteiger partial charge < -0.3 is 5.73 Å². The molecule has 0 saturated carbocycles. The maximum atomic E-state index is 13.1. The Hall–Kier alpha value is -1.88. The van der Waals surface area contributed by atoms with Gasteiger partial charge in [-0.05, 0) is 26.0 Å².